The van der Waals surface area contributed by atoms with E-state index >= 15 is 0 Å². The minimum atomic E-state index is 0.0980. The van der Waals surface area contributed by atoms with Gasteiger partial charge in [0.25, 0.3) is 0 Å². The van der Waals surface area contributed by atoms with Gasteiger partial charge < -0.3 is 10.1 Å². The number of methoxy groups -OCH3 is 1. The minimum absolute atomic E-state index is 0.0980. The summed E-state index contributed by atoms with van der Waals surface area (Å²) in [5.74, 6) is 1.13. The zero-order valence-corrected chi connectivity index (χ0v) is 10.3. The van der Waals surface area contributed by atoms with Crippen LogP contribution in [-0.4, -0.2) is 36.2 Å². The number of amidine groups is 1. The van der Waals surface area contributed by atoms with Crippen molar-refractivity contribution in [1.29, 1.82) is 0 Å². The van der Waals surface area contributed by atoms with E-state index in [1.54, 1.807) is 18.9 Å². The predicted octanol–water partition coefficient (Wildman–Crippen LogP) is 1.88. The molecule has 4 heteroatoms. The van der Waals surface area contributed by atoms with Gasteiger partial charge in [-0.15, -0.1) is 0 Å². The highest BCUT2D eigenvalue weighted by Crippen LogP contribution is 2.18. The van der Waals surface area contributed by atoms with Crippen LogP contribution in [0.1, 0.15) is 27.2 Å². The van der Waals surface area contributed by atoms with Crippen LogP contribution in [-0.2, 0) is 4.74 Å². The second kappa shape index (κ2) is 5.03. The molecule has 0 aromatic heterocycles. The van der Waals surface area contributed by atoms with Crippen molar-refractivity contribution in [3.8, 4) is 0 Å². The van der Waals surface area contributed by atoms with Crippen molar-refractivity contribution < 1.29 is 4.74 Å². The first-order valence-corrected chi connectivity index (χ1v) is 5.97. The van der Waals surface area contributed by atoms with Crippen LogP contribution < -0.4 is 5.32 Å². The van der Waals surface area contributed by atoms with Crippen molar-refractivity contribution in [3.05, 3.63) is 0 Å². The SMILES string of the molecule is COC[C@@H]1CCSC(NC(C)(C)C)=N1. The lowest BCUT2D eigenvalue weighted by Gasteiger charge is -2.27. The summed E-state index contributed by atoms with van der Waals surface area (Å²) in [5.41, 5.74) is 0.0980. The predicted molar refractivity (Wildman–Crippen MR) is 63.1 cm³/mol. The van der Waals surface area contributed by atoms with E-state index in [0.717, 1.165) is 23.9 Å². The number of ether oxygens (including phenoxy) is 1. The minimum Gasteiger partial charge on any atom is -0.382 e. The Labute approximate surface area is 90.7 Å². The normalized spacial score (nSPS) is 23.1. The third kappa shape index (κ3) is 4.33. The molecule has 0 spiro atoms. The highest BCUT2D eigenvalue weighted by Gasteiger charge is 2.19. The number of nitrogens with zero attached hydrogens (tertiary/aromatic N) is 1. The number of rotatable bonds is 2. The van der Waals surface area contributed by atoms with Gasteiger partial charge in [0, 0.05) is 18.4 Å². The summed E-state index contributed by atoms with van der Waals surface area (Å²) in [5, 5.41) is 4.46. The second-order valence-electron chi connectivity index (χ2n) is 4.56. The lowest BCUT2D eigenvalue weighted by atomic mass is 10.1. The molecule has 0 aliphatic carbocycles. The van der Waals surface area contributed by atoms with Crippen molar-refractivity contribution in [3.63, 3.8) is 0 Å². The molecule has 0 aromatic rings. The molecule has 0 aromatic carbocycles. The van der Waals surface area contributed by atoms with Gasteiger partial charge in [-0.25, -0.2) is 0 Å². The molecule has 1 aliphatic heterocycles. The summed E-state index contributed by atoms with van der Waals surface area (Å²) >= 11 is 1.80. The molecule has 0 saturated carbocycles. The van der Waals surface area contributed by atoms with Gasteiger partial charge in [0.2, 0.25) is 0 Å². The first-order chi connectivity index (χ1) is 6.51. The van der Waals surface area contributed by atoms with Crippen LogP contribution in [0.15, 0.2) is 4.99 Å². The molecule has 0 amide bonds. The third-order valence-electron chi connectivity index (χ3n) is 1.83. The van der Waals surface area contributed by atoms with E-state index in [1.165, 1.54) is 0 Å². The summed E-state index contributed by atoms with van der Waals surface area (Å²) in [7, 11) is 1.73. The fourth-order valence-electron chi connectivity index (χ4n) is 1.26. The zero-order valence-electron chi connectivity index (χ0n) is 9.46. The van der Waals surface area contributed by atoms with Crippen molar-refractivity contribution in [2.24, 2.45) is 4.99 Å². The van der Waals surface area contributed by atoms with Crippen LogP contribution in [0, 0.1) is 0 Å². The molecule has 1 heterocycles. The summed E-state index contributed by atoms with van der Waals surface area (Å²) in [6, 6.07) is 0.339. The Morgan fingerprint density at radius 2 is 2.29 bits per heavy atom. The molecule has 0 saturated heterocycles. The van der Waals surface area contributed by atoms with Crippen molar-refractivity contribution in [2.45, 2.75) is 38.8 Å². The van der Waals surface area contributed by atoms with Gasteiger partial charge in [-0.1, -0.05) is 11.8 Å². The van der Waals surface area contributed by atoms with E-state index in [9.17, 15) is 0 Å². The highest BCUT2D eigenvalue weighted by atomic mass is 32.2. The Morgan fingerprint density at radius 3 is 2.86 bits per heavy atom. The largest absolute Gasteiger partial charge is 0.382 e. The summed E-state index contributed by atoms with van der Waals surface area (Å²) in [6.45, 7) is 7.18. The van der Waals surface area contributed by atoms with Gasteiger partial charge in [-0.3, -0.25) is 4.99 Å². The van der Waals surface area contributed by atoms with E-state index in [-0.39, 0.29) is 5.54 Å². The molecule has 0 radical (unpaired) electrons. The first-order valence-electron chi connectivity index (χ1n) is 4.99. The molecule has 82 valence electrons. The molecule has 1 aliphatic rings. The Hall–Kier alpha value is -0.220. The molecule has 1 rings (SSSR count). The Morgan fingerprint density at radius 1 is 1.57 bits per heavy atom. The molecule has 0 unspecified atom stereocenters. The van der Waals surface area contributed by atoms with Gasteiger partial charge in [-0.2, -0.15) is 0 Å². The topological polar surface area (TPSA) is 33.6 Å². The van der Waals surface area contributed by atoms with E-state index in [2.05, 4.69) is 31.1 Å². The van der Waals surface area contributed by atoms with Crippen LogP contribution in [0.4, 0.5) is 0 Å². The molecule has 0 bridgehead atoms. The number of hydrogen-bond donors (Lipinski definition) is 1. The van der Waals surface area contributed by atoms with Crippen molar-refractivity contribution in [1.82, 2.24) is 5.32 Å². The van der Waals surface area contributed by atoms with Gasteiger partial charge in [0.05, 0.1) is 12.6 Å². The summed E-state index contributed by atoms with van der Waals surface area (Å²) in [6.07, 6.45) is 1.12. The second-order valence-corrected chi connectivity index (χ2v) is 5.64. The smallest absolute Gasteiger partial charge is 0.157 e. The van der Waals surface area contributed by atoms with Crippen molar-refractivity contribution in [2.75, 3.05) is 19.5 Å². The van der Waals surface area contributed by atoms with Gasteiger partial charge in [0.1, 0.15) is 0 Å². The number of nitrogens with one attached hydrogen (secondary N) is 1. The van der Waals surface area contributed by atoms with Gasteiger partial charge in [-0.05, 0) is 27.2 Å². The molecular formula is C10H20N2OS. The molecule has 1 N–H and O–H groups in total. The maximum Gasteiger partial charge on any atom is 0.157 e. The Balaban J connectivity index is 2.51. The standard InChI is InChI=1S/C10H20N2OS/c1-10(2,3)12-9-11-8(7-13-4)5-6-14-9/h8H,5-7H2,1-4H3,(H,11,12)/t8-/m0/s1. The average molecular weight is 216 g/mol. The first kappa shape index (κ1) is 11.9. The van der Waals surface area contributed by atoms with Gasteiger partial charge >= 0.3 is 0 Å². The zero-order chi connectivity index (χ0) is 10.6. The lowest BCUT2D eigenvalue weighted by molar-refractivity contribution is 0.179. The van der Waals surface area contributed by atoms with E-state index in [0.29, 0.717) is 6.04 Å². The monoisotopic (exact) mass is 216 g/mol. The number of thioether (sulfide) groups is 1. The van der Waals surface area contributed by atoms with Crippen LogP contribution >= 0.6 is 11.8 Å². The van der Waals surface area contributed by atoms with Crippen LogP contribution in [0.5, 0.6) is 0 Å². The third-order valence-corrected chi connectivity index (χ3v) is 2.75. The molecule has 1 atom stereocenters. The molecule has 14 heavy (non-hydrogen) atoms. The summed E-state index contributed by atoms with van der Waals surface area (Å²) < 4.78 is 5.12. The van der Waals surface area contributed by atoms with E-state index in [4.69, 9.17) is 4.74 Å². The van der Waals surface area contributed by atoms with Crippen LogP contribution in [0.2, 0.25) is 0 Å². The lowest BCUT2D eigenvalue weighted by Crippen LogP contribution is -2.41. The van der Waals surface area contributed by atoms with Crippen LogP contribution in [0.3, 0.4) is 0 Å². The average Bonchev–Trinajstić information content (AvgIpc) is 2.02. The molecule has 0 fully saturated rings. The molecule has 3 nitrogen and oxygen atoms in total. The Kier molecular flexibility index (Phi) is 4.26. The summed E-state index contributed by atoms with van der Waals surface area (Å²) in [4.78, 5) is 4.60. The molecular weight excluding hydrogens is 196 g/mol. The van der Waals surface area contributed by atoms with Crippen molar-refractivity contribution >= 4 is 16.9 Å². The Bertz CT molecular complexity index is 211. The number of hydrogen-bond acceptors (Lipinski definition) is 4. The quantitative estimate of drug-likeness (QED) is 0.765. The van der Waals surface area contributed by atoms with Crippen LogP contribution in [0.25, 0.3) is 0 Å². The van der Waals surface area contributed by atoms with E-state index in [1.807, 2.05) is 0 Å². The van der Waals surface area contributed by atoms with Gasteiger partial charge in [0.15, 0.2) is 5.17 Å². The highest BCUT2D eigenvalue weighted by molar-refractivity contribution is 8.13. The number of aliphatic imine (C=N–C) groups is 1. The fraction of sp³-hybridized carbons (Fsp3) is 0.900. The maximum absolute atomic E-state index is 5.12. The maximum atomic E-state index is 5.12. The van der Waals surface area contributed by atoms with E-state index < -0.39 is 0 Å². The fourth-order valence-corrected chi connectivity index (χ4v) is 2.45.